The molecule has 0 bridgehead atoms. The van der Waals surface area contributed by atoms with Gasteiger partial charge in [-0.1, -0.05) is 6.07 Å². The van der Waals surface area contributed by atoms with Crippen molar-refractivity contribution in [2.75, 3.05) is 25.0 Å². The first-order chi connectivity index (χ1) is 10.6. The normalized spacial score (nSPS) is 16.3. The van der Waals surface area contributed by atoms with Gasteiger partial charge >= 0.3 is 0 Å². The minimum absolute atomic E-state index is 0.0528. The number of hydrogen-bond acceptors (Lipinski definition) is 5. The number of nitrogens with two attached hydrogens (primary N) is 1. The molecule has 5 heteroatoms. The van der Waals surface area contributed by atoms with Gasteiger partial charge in [-0.05, 0) is 37.1 Å². The van der Waals surface area contributed by atoms with Crippen LogP contribution in [-0.4, -0.2) is 36.2 Å². The second-order valence-electron chi connectivity index (χ2n) is 5.73. The number of anilines is 1. The van der Waals surface area contributed by atoms with Crippen LogP contribution < -0.4 is 15.4 Å². The van der Waals surface area contributed by atoms with Crippen LogP contribution >= 0.6 is 0 Å². The number of fused-ring (bicyclic) bond motifs is 1. The molecule has 0 spiro atoms. The van der Waals surface area contributed by atoms with Crippen molar-refractivity contribution in [2.24, 2.45) is 5.73 Å². The van der Waals surface area contributed by atoms with Gasteiger partial charge in [0, 0.05) is 32.8 Å². The molecule has 1 aromatic carbocycles. The van der Waals surface area contributed by atoms with Gasteiger partial charge in [-0.3, -0.25) is 0 Å². The van der Waals surface area contributed by atoms with Gasteiger partial charge in [-0.2, -0.15) is 0 Å². The lowest BCUT2D eigenvalue weighted by Crippen LogP contribution is -2.24. The van der Waals surface area contributed by atoms with Gasteiger partial charge in [0.2, 0.25) is 0 Å². The van der Waals surface area contributed by atoms with Gasteiger partial charge in [0.25, 0.3) is 0 Å². The molecule has 0 unspecified atom stereocenters. The maximum absolute atomic E-state index is 6.00. The summed E-state index contributed by atoms with van der Waals surface area (Å²) < 4.78 is 6.00. The zero-order valence-electron chi connectivity index (χ0n) is 13.3. The molecule has 0 aliphatic carbocycles. The Morgan fingerprint density at radius 1 is 1.41 bits per heavy atom. The van der Waals surface area contributed by atoms with E-state index in [1.54, 1.807) is 6.20 Å². The summed E-state index contributed by atoms with van der Waals surface area (Å²) in [5.74, 6) is 2.50. The number of rotatable bonds is 4. The van der Waals surface area contributed by atoms with E-state index in [2.05, 4.69) is 40.8 Å². The zero-order valence-corrected chi connectivity index (χ0v) is 13.3. The first-order valence-corrected chi connectivity index (χ1v) is 7.67. The molecule has 2 aromatic rings. The molecule has 5 nitrogen and oxygen atoms in total. The fourth-order valence-electron chi connectivity index (χ4n) is 2.74. The van der Waals surface area contributed by atoms with E-state index in [4.69, 9.17) is 10.5 Å². The van der Waals surface area contributed by atoms with Crippen LogP contribution in [0.3, 0.4) is 0 Å². The topological polar surface area (TPSA) is 64.3 Å². The summed E-state index contributed by atoms with van der Waals surface area (Å²) in [5, 5.41) is 0. The molecular weight excluding hydrogens is 276 g/mol. The lowest BCUT2D eigenvalue weighted by atomic mass is 10.0. The molecule has 3 rings (SSSR count). The molecule has 0 saturated carbocycles. The molecule has 1 aliphatic rings. The highest BCUT2D eigenvalue weighted by molar-refractivity contribution is 5.69. The van der Waals surface area contributed by atoms with Gasteiger partial charge in [0.1, 0.15) is 17.7 Å². The van der Waals surface area contributed by atoms with Gasteiger partial charge in [0.05, 0.1) is 5.56 Å². The van der Waals surface area contributed by atoms with E-state index in [0.717, 1.165) is 30.1 Å². The standard InChI is InChI=1S/C17H22N4O/c1-4-21(3)15-5-6-19-17(20-15)14-8-11(2)7-12-9-13(10-18)22-16(12)14/h5-8,13H,4,9-10,18H2,1-3H3/t13-/m1/s1. The second-order valence-corrected chi connectivity index (χ2v) is 5.73. The highest BCUT2D eigenvalue weighted by atomic mass is 16.5. The highest BCUT2D eigenvalue weighted by Crippen LogP contribution is 2.38. The summed E-state index contributed by atoms with van der Waals surface area (Å²) in [4.78, 5) is 11.2. The Labute approximate surface area is 131 Å². The molecule has 1 atom stereocenters. The molecular formula is C17H22N4O. The lowest BCUT2D eigenvalue weighted by molar-refractivity contribution is 0.242. The van der Waals surface area contributed by atoms with E-state index in [1.165, 1.54) is 11.1 Å². The van der Waals surface area contributed by atoms with Crippen LogP contribution in [0.1, 0.15) is 18.1 Å². The van der Waals surface area contributed by atoms with Crippen molar-refractivity contribution in [1.82, 2.24) is 9.97 Å². The molecule has 1 aromatic heterocycles. The Kier molecular flexibility index (Phi) is 3.98. The largest absolute Gasteiger partial charge is 0.488 e. The van der Waals surface area contributed by atoms with E-state index in [-0.39, 0.29) is 6.10 Å². The van der Waals surface area contributed by atoms with Crippen LogP contribution in [0.2, 0.25) is 0 Å². The first-order valence-electron chi connectivity index (χ1n) is 7.67. The van der Waals surface area contributed by atoms with Crippen LogP contribution in [0, 0.1) is 6.92 Å². The van der Waals surface area contributed by atoms with Gasteiger partial charge < -0.3 is 15.4 Å². The predicted octanol–water partition coefficient (Wildman–Crippen LogP) is 2.17. The van der Waals surface area contributed by atoms with Crippen LogP contribution in [0.15, 0.2) is 24.4 Å². The summed E-state index contributed by atoms with van der Waals surface area (Å²) in [5.41, 5.74) is 9.10. The van der Waals surface area contributed by atoms with Crippen molar-refractivity contribution in [3.05, 3.63) is 35.5 Å². The van der Waals surface area contributed by atoms with Crippen LogP contribution in [0.4, 0.5) is 5.82 Å². The molecule has 0 fully saturated rings. The fourth-order valence-corrected chi connectivity index (χ4v) is 2.74. The molecule has 0 saturated heterocycles. The van der Waals surface area contributed by atoms with E-state index < -0.39 is 0 Å². The maximum atomic E-state index is 6.00. The fraction of sp³-hybridized carbons (Fsp3) is 0.412. The van der Waals surface area contributed by atoms with Crippen molar-refractivity contribution < 1.29 is 4.74 Å². The zero-order chi connectivity index (χ0) is 15.7. The Bertz CT molecular complexity index is 686. The van der Waals surface area contributed by atoms with E-state index in [0.29, 0.717) is 12.4 Å². The van der Waals surface area contributed by atoms with Crippen LogP contribution in [0.25, 0.3) is 11.4 Å². The maximum Gasteiger partial charge on any atom is 0.165 e. The predicted molar refractivity (Wildman–Crippen MR) is 88.3 cm³/mol. The molecule has 0 amide bonds. The monoisotopic (exact) mass is 298 g/mol. The van der Waals surface area contributed by atoms with Crippen molar-refractivity contribution in [3.8, 4) is 17.1 Å². The number of benzene rings is 1. The van der Waals surface area contributed by atoms with Crippen molar-refractivity contribution in [2.45, 2.75) is 26.4 Å². The lowest BCUT2D eigenvalue weighted by Gasteiger charge is -2.16. The summed E-state index contributed by atoms with van der Waals surface area (Å²) in [6.45, 7) is 5.60. The van der Waals surface area contributed by atoms with Gasteiger partial charge in [-0.15, -0.1) is 0 Å². The first kappa shape index (κ1) is 14.8. The number of ether oxygens (including phenoxy) is 1. The van der Waals surface area contributed by atoms with Crippen LogP contribution in [-0.2, 0) is 6.42 Å². The molecule has 2 N–H and O–H groups in total. The number of nitrogens with zero attached hydrogens (tertiary/aromatic N) is 3. The molecule has 1 aliphatic heterocycles. The van der Waals surface area contributed by atoms with Crippen LogP contribution in [0.5, 0.6) is 5.75 Å². The third kappa shape index (κ3) is 2.64. The minimum atomic E-state index is 0.0528. The van der Waals surface area contributed by atoms with Crippen molar-refractivity contribution >= 4 is 5.82 Å². The average molecular weight is 298 g/mol. The Balaban J connectivity index is 2.06. The summed E-state index contributed by atoms with van der Waals surface area (Å²) in [6, 6.07) is 6.17. The minimum Gasteiger partial charge on any atom is -0.488 e. The Morgan fingerprint density at radius 2 is 2.23 bits per heavy atom. The summed E-state index contributed by atoms with van der Waals surface area (Å²) >= 11 is 0. The SMILES string of the molecule is CCN(C)c1ccnc(-c2cc(C)cc3c2O[C@@H](CN)C3)n1. The van der Waals surface area contributed by atoms with Gasteiger partial charge in [-0.25, -0.2) is 9.97 Å². The van der Waals surface area contributed by atoms with E-state index in [1.807, 2.05) is 13.1 Å². The van der Waals surface area contributed by atoms with Crippen molar-refractivity contribution in [1.29, 1.82) is 0 Å². The third-order valence-electron chi connectivity index (χ3n) is 4.05. The number of aryl methyl sites for hydroxylation is 1. The smallest absolute Gasteiger partial charge is 0.165 e. The van der Waals surface area contributed by atoms with E-state index >= 15 is 0 Å². The highest BCUT2D eigenvalue weighted by Gasteiger charge is 2.26. The number of aromatic nitrogens is 2. The Hall–Kier alpha value is -2.14. The molecule has 2 heterocycles. The Morgan fingerprint density at radius 3 is 2.95 bits per heavy atom. The molecule has 0 radical (unpaired) electrons. The molecule has 22 heavy (non-hydrogen) atoms. The third-order valence-corrected chi connectivity index (χ3v) is 4.05. The summed E-state index contributed by atoms with van der Waals surface area (Å²) in [7, 11) is 2.02. The van der Waals surface area contributed by atoms with Gasteiger partial charge in [0.15, 0.2) is 5.82 Å². The average Bonchev–Trinajstić information content (AvgIpc) is 2.96. The molecule has 116 valence electrons. The summed E-state index contributed by atoms with van der Waals surface area (Å²) in [6.07, 6.45) is 2.71. The second kappa shape index (κ2) is 5.93. The van der Waals surface area contributed by atoms with E-state index in [9.17, 15) is 0 Å². The van der Waals surface area contributed by atoms with Crippen molar-refractivity contribution in [3.63, 3.8) is 0 Å². The number of hydrogen-bond donors (Lipinski definition) is 1. The quantitative estimate of drug-likeness (QED) is 0.937.